The number of hydrogen-bond donors (Lipinski definition) is 0. The standard InChI is InChI=1S/C10H7BrO2/c11-7-1-2-8-9(4-7)6(5-12)3-10(8)13/h1-2,4-6H,3H2. The van der Waals surface area contributed by atoms with Crippen LogP contribution in [0.15, 0.2) is 22.7 Å². The Balaban J connectivity index is 2.58. The second-order valence-electron chi connectivity index (χ2n) is 3.10. The molecule has 0 fully saturated rings. The molecule has 13 heavy (non-hydrogen) atoms. The minimum Gasteiger partial charge on any atom is -0.303 e. The lowest BCUT2D eigenvalue weighted by Gasteiger charge is -2.01. The molecule has 1 aromatic carbocycles. The number of ketones is 1. The fourth-order valence-electron chi connectivity index (χ4n) is 1.64. The molecule has 0 radical (unpaired) electrons. The van der Waals surface area contributed by atoms with E-state index >= 15 is 0 Å². The van der Waals surface area contributed by atoms with Crippen molar-refractivity contribution in [1.82, 2.24) is 0 Å². The molecule has 0 saturated carbocycles. The number of halogens is 1. The smallest absolute Gasteiger partial charge is 0.164 e. The van der Waals surface area contributed by atoms with E-state index in [0.717, 1.165) is 16.3 Å². The van der Waals surface area contributed by atoms with Gasteiger partial charge in [0.2, 0.25) is 0 Å². The predicted octanol–water partition coefficient (Wildman–Crippen LogP) is 2.32. The maximum atomic E-state index is 11.4. The van der Waals surface area contributed by atoms with E-state index in [1.54, 1.807) is 6.07 Å². The highest BCUT2D eigenvalue weighted by Crippen LogP contribution is 2.33. The van der Waals surface area contributed by atoms with Crippen LogP contribution in [0.3, 0.4) is 0 Å². The van der Waals surface area contributed by atoms with Crippen LogP contribution in [0, 0.1) is 0 Å². The summed E-state index contributed by atoms with van der Waals surface area (Å²) in [5, 5.41) is 0. The number of hydrogen-bond acceptors (Lipinski definition) is 2. The van der Waals surface area contributed by atoms with Crippen molar-refractivity contribution >= 4 is 28.0 Å². The summed E-state index contributed by atoms with van der Waals surface area (Å²) >= 11 is 3.31. The van der Waals surface area contributed by atoms with Gasteiger partial charge < -0.3 is 4.79 Å². The number of rotatable bonds is 1. The molecule has 0 N–H and O–H groups in total. The van der Waals surface area contributed by atoms with Crippen molar-refractivity contribution in [3.05, 3.63) is 33.8 Å². The van der Waals surface area contributed by atoms with Crippen LogP contribution in [0.5, 0.6) is 0 Å². The lowest BCUT2D eigenvalue weighted by atomic mass is 10.0. The molecule has 0 amide bonds. The monoisotopic (exact) mass is 238 g/mol. The Hall–Kier alpha value is -0.960. The molecule has 0 saturated heterocycles. The molecule has 3 heteroatoms. The first kappa shape index (κ1) is 8.63. The van der Waals surface area contributed by atoms with Crippen LogP contribution in [0.4, 0.5) is 0 Å². The summed E-state index contributed by atoms with van der Waals surface area (Å²) in [6.45, 7) is 0. The van der Waals surface area contributed by atoms with Gasteiger partial charge in [-0.25, -0.2) is 0 Å². The summed E-state index contributed by atoms with van der Waals surface area (Å²) in [7, 11) is 0. The lowest BCUT2D eigenvalue weighted by molar-refractivity contribution is -0.108. The van der Waals surface area contributed by atoms with Crippen molar-refractivity contribution in [1.29, 1.82) is 0 Å². The van der Waals surface area contributed by atoms with Crippen molar-refractivity contribution in [2.24, 2.45) is 0 Å². The van der Waals surface area contributed by atoms with Crippen molar-refractivity contribution < 1.29 is 9.59 Å². The summed E-state index contributed by atoms with van der Waals surface area (Å²) in [6.07, 6.45) is 1.17. The maximum Gasteiger partial charge on any atom is 0.164 e. The molecule has 2 nitrogen and oxygen atoms in total. The van der Waals surface area contributed by atoms with Gasteiger partial charge in [-0.3, -0.25) is 4.79 Å². The van der Waals surface area contributed by atoms with Crippen LogP contribution < -0.4 is 0 Å². The van der Waals surface area contributed by atoms with Gasteiger partial charge in [-0.05, 0) is 23.8 Å². The Bertz CT molecular complexity index is 385. The predicted molar refractivity (Wildman–Crippen MR) is 51.9 cm³/mol. The fourth-order valence-corrected chi connectivity index (χ4v) is 2.01. The normalized spacial score (nSPS) is 20.1. The molecule has 1 aliphatic carbocycles. The minimum atomic E-state index is -0.236. The lowest BCUT2D eigenvalue weighted by Crippen LogP contribution is -1.94. The molecule has 0 heterocycles. The second-order valence-corrected chi connectivity index (χ2v) is 4.02. The summed E-state index contributed by atoms with van der Waals surface area (Å²) < 4.78 is 0.910. The quantitative estimate of drug-likeness (QED) is 0.704. The van der Waals surface area contributed by atoms with Gasteiger partial charge in [0.15, 0.2) is 5.78 Å². The zero-order valence-corrected chi connectivity index (χ0v) is 8.37. The number of benzene rings is 1. The molecule has 66 valence electrons. The van der Waals surface area contributed by atoms with Gasteiger partial charge in [-0.1, -0.05) is 15.9 Å². The summed E-state index contributed by atoms with van der Waals surface area (Å²) in [4.78, 5) is 22.0. The first-order valence-electron chi connectivity index (χ1n) is 4.00. The summed E-state index contributed by atoms with van der Waals surface area (Å²) in [5.74, 6) is -0.167. The summed E-state index contributed by atoms with van der Waals surface area (Å²) in [6, 6.07) is 5.44. The van der Waals surface area contributed by atoms with Crippen LogP contribution in [-0.4, -0.2) is 12.1 Å². The highest BCUT2D eigenvalue weighted by molar-refractivity contribution is 9.10. The van der Waals surface area contributed by atoms with Crippen LogP contribution in [-0.2, 0) is 4.79 Å². The number of aldehydes is 1. The fraction of sp³-hybridized carbons (Fsp3) is 0.200. The van der Waals surface area contributed by atoms with Crippen LogP contribution in [0.1, 0.15) is 28.3 Å². The Morgan fingerprint density at radius 1 is 1.46 bits per heavy atom. The van der Waals surface area contributed by atoms with Crippen molar-refractivity contribution in [2.75, 3.05) is 0 Å². The molecule has 0 spiro atoms. The van der Waals surface area contributed by atoms with E-state index in [1.807, 2.05) is 12.1 Å². The molecule has 1 aliphatic rings. The third-order valence-electron chi connectivity index (χ3n) is 2.28. The van der Waals surface area contributed by atoms with Crippen LogP contribution in [0.25, 0.3) is 0 Å². The van der Waals surface area contributed by atoms with E-state index in [-0.39, 0.29) is 11.7 Å². The SMILES string of the molecule is O=CC1CC(=O)c2ccc(Br)cc21. The molecule has 1 atom stereocenters. The Morgan fingerprint density at radius 3 is 2.92 bits per heavy atom. The van der Waals surface area contributed by atoms with E-state index in [2.05, 4.69) is 15.9 Å². The zero-order chi connectivity index (χ0) is 9.42. The van der Waals surface area contributed by atoms with Gasteiger partial charge in [-0.2, -0.15) is 0 Å². The Morgan fingerprint density at radius 2 is 2.23 bits per heavy atom. The highest BCUT2D eigenvalue weighted by atomic mass is 79.9. The summed E-state index contributed by atoms with van der Waals surface area (Å²) in [5.41, 5.74) is 1.55. The van der Waals surface area contributed by atoms with Gasteiger partial charge >= 0.3 is 0 Å². The molecule has 0 aliphatic heterocycles. The molecule has 0 bridgehead atoms. The van der Waals surface area contributed by atoms with Crippen molar-refractivity contribution in [2.45, 2.75) is 12.3 Å². The van der Waals surface area contributed by atoms with Crippen molar-refractivity contribution in [3.63, 3.8) is 0 Å². The number of Topliss-reactive ketones (excluding diaryl/α,β-unsaturated/α-hetero) is 1. The van der Waals surface area contributed by atoms with E-state index in [0.29, 0.717) is 12.0 Å². The highest BCUT2D eigenvalue weighted by Gasteiger charge is 2.28. The molecule has 1 unspecified atom stereocenters. The first-order chi connectivity index (χ1) is 6.22. The molecule has 2 rings (SSSR count). The van der Waals surface area contributed by atoms with E-state index < -0.39 is 0 Å². The zero-order valence-electron chi connectivity index (χ0n) is 6.79. The first-order valence-corrected chi connectivity index (χ1v) is 4.79. The van der Waals surface area contributed by atoms with E-state index in [1.165, 1.54) is 0 Å². The average Bonchev–Trinajstić information content (AvgIpc) is 2.42. The van der Waals surface area contributed by atoms with Crippen LogP contribution >= 0.6 is 15.9 Å². The Labute approximate surface area is 84.1 Å². The van der Waals surface area contributed by atoms with E-state index in [9.17, 15) is 9.59 Å². The minimum absolute atomic E-state index is 0.0691. The molecular formula is C10H7BrO2. The maximum absolute atomic E-state index is 11.4. The average molecular weight is 239 g/mol. The molecule has 1 aromatic rings. The van der Waals surface area contributed by atoms with Gasteiger partial charge in [0.1, 0.15) is 6.29 Å². The van der Waals surface area contributed by atoms with Gasteiger partial charge in [0, 0.05) is 22.4 Å². The van der Waals surface area contributed by atoms with E-state index in [4.69, 9.17) is 0 Å². The number of carbonyl (C=O) groups excluding carboxylic acids is 2. The van der Waals surface area contributed by atoms with Gasteiger partial charge in [-0.15, -0.1) is 0 Å². The topological polar surface area (TPSA) is 34.1 Å². The third kappa shape index (κ3) is 1.33. The van der Waals surface area contributed by atoms with Crippen LogP contribution in [0.2, 0.25) is 0 Å². The number of fused-ring (bicyclic) bond motifs is 1. The van der Waals surface area contributed by atoms with Gasteiger partial charge in [0.05, 0.1) is 0 Å². The number of carbonyl (C=O) groups is 2. The second kappa shape index (κ2) is 3.07. The Kier molecular flexibility index (Phi) is 2.04. The largest absolute Gasteiger partial charge is 0.303 e. The van der Waals surface area contributed by atoms with Gasteiger partial charge in [0.25, 0.3) is 0 Å². The van der Waals surface area contributed by atoms with Crippen molar-refractivity contribution in [3.8, 4) is 0 Å². The third-order valence-corrected chi connectivity index (χ3v) is 2.78. The molecule has 0 aromatic heterocycles. The molecular weight excluding hydrogens is 232 g/mol.